The Labute approximate surface area is 89.9 Å². The summed E-state index contributed by atoms with van der Waals surface area (Å²) in [6, 6.07) is 5.05. The molecule has 3 heteroatoms. The quantitative estimate of drug-likeness (QED) is 0.809. The molecule has 1 aromatic carbocycles. The Morgan fingerprint density at radius 3 is 2.64 bits per heavy atom. The zero-order valence-corrected chi connectivity index (χ0v) is 9.52. The Balaban J connectivity index is 3.10. The summed E-state index contributed by atoms with van der Waals surface area (Å²) >= 11 is 6.08. The lowest BCUT2D eigenvalue weighted by atomic mass is 9.84. The summed E-state index contributed by atoms with van der Waals surface area (Å²) in [5, 5.41) is 13.2. The van der Waals surface area contributed by atoms with Crippen LogP contribution in [0.4, 0.5) is 0 Å². The first kappa shape index (κ1) is 11.3. The van der Waals surface area contributed by atoms with Crippen molar-refractivity contribution in [3.8, 4) is 5.75 Å². The van der Waals surface area contributed by atoms with Crippen molar-refractivity contribution in [1.82, 2.24) is 5.32 Å². The molecule has 0 aromatic heterocycles. The lowest BCUT2D eigenvalue weighted by molar-refractivity contribution is 0.462. The van der Waals surface area contributed by atoms with Crippen LogP contribution in [0.25, 0.3) is 0 Å². The number of halogens is 1. The van der Waals surface area contributed by atoms with E-state index in [2.05, 4.69) is 19.2 Å². The average molecular weight is 214 g/mol. The highest BCUT2D eigenvalue weighted by atomic mass is 35.5. The number of hydrogen-bond donors (Lipinski definition) is 2. The molecule has 0 aliphatic carbocycles. The molecule has 0 bridgehead atoms. The summed E-state index contributed by atoms with van der Waals surface area (Å²) in [5.74, 6) is 0.258. The predicted molar refractivity (Wildman–Crippen MR) is 60.1 cm³/mol. The van der Waals surface area contributed by atoms with Crippen molar-refractivity contribution in [1.29, 1.82) is 0 Å². The smallest absolute Gasteiger partial charge is 0.115 e. The Morgan fingerprint density at radius 1 is 1.43 bits per heavy atom. The SMILES string of the molecule is CNCC(C)(C)c1cc(O)ccc1Cl. The monoisotopic (exact) mass is 213 g/mol. The van der Waals surface area contributed by atoms with Crippen molar-refractivity contribution in [2.45, 2.75) is 19.3 Å². The fraction of sp³-hybridized carbons (Fsp3) is 0.455. The van der Waals surface area contributed by atoms with Crippen LogP contribution in [0.5, 0.6) is 5.75 Å². The van der Waals surface area contributed by atoms with Gasteiger partial charge in [-0.15, -0.1) is 0 Å². The molecule has 0 fully saturated rings. The molecule has 0 aliphatic heterocycles. The van der Waals surface area contributed by atoms with Gasteiger partial charge in [-0.05, 0) is 30.8 Å². The minimum absolute atomic E-state index is 0.0788. The molecular formula is C11H16ClNO. The fourth-order valence-corrected chi connectivity index (χ4v) is 1.94. The second-order valence-electron chi connectivity index (χ2n) is 4.08. The third-order valence-corrected chi connectivity index (χ3v) is 2.63. The summed E-state index contributed by atoms with van der Waals surface area (Å²) in [6.07, 6.45) is 0. The molecule has 0 amide bonds. The number of nitrogens with one attached hydrogen (secondary N) is 1. The van der Waals surface area contributed by atoms with E-state index >= 15 is 0 Å². The number of rotatable bonds is 3. The highest BCUT2D eigenvalue weighted by Crippen LogP contribution is 2.31. The molecular weight excluding hydrogens is 198 g/mol. The second kappa shape index (κ2) is 4.20. The van der Waals surface area contributed by atoms with Gasteiger partial charge in [0.25, 0.3) is 0 Å². The third kappa shape index (κ3) is 2.40. The van der Waals surface area contributed by atoms with Crippen LogP contribution in [-0.2, 0) is 5.41 Å². The maximum absolute atomic E-state index is 9.39. The van der Waals surface area contributed by atoms with Crippen LogP contribution in [0.15, 0.2) is 18.2 Å². The first-order valence-corrected chi connectivity index (χ1v) is 4.99. The van der Waals surface area contributed by atoms with E-state index in [-0.39, 0.29) is 11.2 Å². The Bertz CT molecular complexity index is 323. The van der Waals surface area contributed by atoms with E-state index in [1.54, 1.807) is 18.2 Å². The average Bonchev–Trinajstić information content (AvgIpc) is 2.09. The zero-order valence-electron chi connectivity index (χ0n) is 8.76. The lowest BCUT2D eigenvalue weighted by Gasteiger charge is -2.26. The van der Waals surface area contributed by atoms with Gasteiger partial charge in [-0.25, -0.2) is 0 Å². The number of phenolic OH excluding ortho intramolecular Hbond substituents is 1. The summed E-state index contributed by atoms with van der Waals surface area (Å²) in [6.45, 7) is 4.99. The van der Waals surface area contributed by atoms with Crippen LogP contribution in [0.2, 0.25) is 5.02 Å². The fourth-order valence-electron chi connectivity index (χ4n) is 1.57. The summed E-state index contributed by atoms with van der Waals surface area (Å²) < 4.78 is 0. The minimum Gasteiger partial charge on any atom is -0.508 e. The minimum atomic E-state index is -0.0788. The third-order valence-electron chi connectivity index (χ3n) is 2.30. The van der Waals surface area contributed by atoms with E-state index in [9.17, 15) is 5.11 Å². The normalized spacial score (nSPS) is 11.7. The molecule has 0 spiro atoms. The van der Waals surface area contributed by atoms with Crippen LogP contribution < -0.4 is 5.32 Å². The predicted octanol–water partition coefficient (Wildman–Crippen LogP) is 2.54. The van der Waals surface area contributed by atoms with Crippen LogP contribution in [0.1, 0.15) is 19.4 Å². The number of hydrogen-bond acceptors (Lipinski definition) is 2. The van der Waals surface area contributed by atoms with Crippen LogP contribution in [-0.4, -0.2) is 18.7 Å². The van der Waals surface area contributed by atoms with E-state index in [4.69, 9.17) is 11.6 Å². The van der Waals surface area contributed by atoms with Crippen molar-refractivity contribution >= 4 is 11.6 Å². The van der Waals surface area contributed by atoms with Crippen molar-refractivity contribution < 1.29 is 5.11 Å². The largest absolute Gasteiger partial charge is 0.508 e. The van der Waals surface area contributed by atoms with E-state index < -0.39 is 0 Å². The van der Waals surface area contributed by atoms with E-state index in [1.807, 2.05) is 7.05 Å². The molecule has 0 heterocycles. The maximum Gasteiger partial charge on any atom is 0.115 e. The Morgan fingerprint density at radius 2 is 2.07 bits per heavy atom. The van der Waals surface area contributed by atoms with Gasteiger partial charge in [-0.2, -0.15) is 0 Å². The molecule has 0 unspecified atom stereocenters. The standard InChI is InChI=1S/C11H16ClNO/c1-11(2,7-13-3)9-6-8(14)4-5-10(9)12/h4-6,13-14H,7H2,1-3H3. The van der Waals surface area contributed by atoms with Gasteiger partial charge in [0.05, 0.1) is 0 Å². The summed E-state index contributed by atoms with van der Waals surface area (Å²) in [7, 11) is 1.90. The molecule has 0 saturated heterocycles. The van der Waals surface area contributed by atoms with Crippen molar-refractivity contribution in [2.24, 2.45) is 0 Å². The second-order valence-corrected chi connectivity index (χ2v) is 4.49. The van der Waals surface area contributed by atoms with Crippen LogP contribution in [0, 0.1) is 0 Å². The molecule has 0 atom stereocenters. The molecule has 2 N–H and O–H groups in total. The number of phenols is 1. The van der Waals surface area contributed by atoms with Gasteiger partial charge in [0.2, 0.25) is 0 Å². The van der Waals surface area contributed by atoms with Crippen molar-refractivity contribution in [2.75, 3.05) is 13.6 Å². The van der Waals surface area contributed by atoms with Crippen molar-refractivity contribution in [3.05, 3.63) is 28.8 Å². The Kier molecular flexibility index (Phi) is 3.40. The van der Waals surface area contributed by atoms with Crippen LogP contribution >= 0.6 is 11.6 Å². The highest BCUT2D eigenvalue weighted by molar-refractivity contribution is 6.31. The van der Waals surface area contributed by atoms with Gasteiger partial charge in [0, 0.05) is 17.0 Å². The first-order chi connectivity index (χ1) is 6.47. The molecule has 14 heavy (non-hydrogen) atoms. The van der Waals surface area contributed by atoms with Crippen molar-refractivity contribution in [3.63, 3.8) is 0 Å². The molecule has 1 rings (SSSR count). The topological polar surface area (TPSA) is 32.3 Å². The van der Waals surface area contributed by atoms with Gasteiger partial charge < -0.3 is 10.4 Å². The lowest BCUT2D eigenvalue weighted by Crippen LogP contribution is -2.30. The summed E-state index contributed by atoms with van der Waals surface area (Å²) in [5.41, 5.74) is 0.887. The van der Waals surface area contributed by atoms with E-state index in [1.165, 1.54) is 0 Å². The molecule has 0 aliphatic rings. The van der Waals surface area contributed by atoms with E-state index in [0.717, 1.165) is 12.1 Å². The molecule has 0 radical (unpaired) electrons. The number of benzene rings is 1. The number of aromatic hydroxyl groups is 1. The molecule has 2 nitrogen and oxygen atoms in total. The van der Waals surface area contributed by atoms with Gasteiger partial charge in [0.15, 0.2) is 0 Å². The van der Waals surface area contributed by atoms with Gasteiger partial charge in [0.1, 0.15) is 5.75 Å². The maximum atomic E-state index is 9.39. The highest BCUT2D eigenvalue weighted by Gasteiger charge is 2.22. The molecule has 78 valence electrons. The summed E-state index contributed by atoms with van der Waals surface area (Å²) in [4.78, 5) is 0. The van der Waals surface area contributed by atoms with Gasteiger partial charge >= 0.3 is 0 Å². The Hall–Kier alpha value is -0.730. The molecule has 1 aromatic rings. The first-order valence-electron chi connectivity index (χ1n) is 4.61. The van der Waals surface area contributed by atoms with E-state index in [0.29, 0.717) is 5.02 Å². The zero-order chi connectivity index (χ0) is 10.8. The number of likely N-dealkylation sites (N-methyl/N-ethyl adjacent to an activating group) is 1. The van der Waals surface area contributed by atoms with Gasteiger partial charge in [-0.1, -0.05) is 25.4 Å². The molecule has 0 saturated carbocycles. The van der Waals surface area contributed by atoms with Gasteiger partial charge in [-0.3, -0.25) is 0 Å². The van der Waals surface area contributed by atoms with Crippen LogP contribution in [0.3, 0.4) is 0 Å².